The summed E-state index contributed by atoms with van der Waals surface area (Å²) >= 11 is 0. The molecule has 1 heterocycles. The predicted molar refractivity (Wildman–Crippen MR) is 86.8 cm³/mol. The van der Waals surface area contributed by atoms with Gasteiger partial charge in [-0.25, -0.2) is 0 Å². The molecule has 3 heteroatoms. The van der Waals surface area contributed by atoms with Crippen molar-refractivity contribution in [1.29, 1.82) is 0 Å². The molecule has 0 amide bonds. The quantitative estimate of drug-likeness (QED) is 0.875. The lowest BCUT2D eigenvalue weighted by molar-refractivity contribution is 0.0790. The summed E-state index contributed by atoms with van der Waals surface area (Å²) in [6.07, 6.45) is 0.867. The Balaban J connectivity index is 1.86. The highest BCUT2D eigenvalue weighted by atomic mass is 16.1. The van der Waals surface area contributed by atoms with Crippen LogP contribution in [0.3, 0.4) is 0 Å². The molecule has 1 N–H and O–H groups in total. The Kier molecular flexibility index (Phi) is 4.32. The molecule has 0 saturated carbocycles. The molecule has 0 bridgehead atoms. The Bertz CT molecular complexity index is 632. The van der Waals surface area contributed by atoms with Gasteiger partial charge in [0.2, 0.25) is 0 Å². The van der Waals surface area contributed by atoms with Gasteiger partial charge in [-0.05, 0) is 23.3 Å². The summed E-state index contributed by atoms with van der Waals surface area (Å²) in [5.41, 5.74) is 0.832. The maximum atomic E-state index is 12.9. The van der Waals surface area contributed by atoms with Gasteiger partial charge >= 0.3 is 0 Å². The van der Waals surface area contributed by atoms with Crippen LogP contribution >= 0.6 is 0 Å². The summed E-state index contributed by atoms with van der Waals surface area (Å²) in [6.45, 7) is 5.96. The van der Waals surface area contributed by atoms with Crippen molar-refractivity contribution in [3.8, 4) is 0 Å². The molecule has 3 nitrogen and oxygen atoms in total. The molecule has 1 saturated heterocycles. The van der Waals surface area contributed by atoms with E-state index in [1.807, 2.05) is 30.3 Å². The highest BCUT2D eigenvalue weighted by Gasteiger charge is 2.26. The summed E-state index contributed by atoms with van der Waals surface area (Å²) in [5, 5.41) is 5.67. The molecule has 0 radical (unpaired) electrons. The first kappa shape index (κ1) is 14.2. The van der Waals surface area contributed by atoms with E-state index in [1.54, 1.807) is 0 Å². The van der Waals surface area contributed by atoms with Crippen molar-refractivity contribution in [2.24, 2.45) is 0 Å². The van der Waals surface area contributed by atoms with Crippen molar-refractivity contribution >= 4 is 16.6 Å². The highest BCUT2D eigenvalue weighted by Crippen LogP contribution is 2.19. The molecule has 3 rings (SSSR count). The number of nitrogens with zero attached hydrogens (tertiary/aromatic N) is 1. The molecule has 1 aliphatic rings. The number of Topliss-reactive ketones (excluding diaryl/α,β-unsaturated/α-hetero) is 1. The van der Waals surface area contributed by atoms with Crippen LogP contribution in [0.2, 0.25) is 0 Å². The first-order chi connectivity index (χ1) is 10.3. The van der Waals surface area contributed by atoms with Gasteiger partial charge in [-0.15, -0.1) is 0 Å². The molecule has 1 fully saturated rings. The Morgan fingerprint density at radius 3 is 2.57 bits per heavy atom. The Morgan fingerprint density at radius 2 is 1.86 bits per heavy atom. The molecule has 2 aromatic rings. The van der Waals surface area contributed by atoms with Gasteiger partial charge in [0.15, 0.2) is 5.78 Å². The van der Waals surface area contributed by atoms with E-state index in [4.69, 9.17) is 0 Å². The van der Waals surface area contributed by atoms with Gasteiger partial charge in [0.25, 0.3) is 0 Å². The van der Waals surface area contributed by atoms with Crippen molar-refractivity contribution in [3.05, 3.63) is 48.0 Å². The Labute approximate surface area is 125 Å². The molecule has 1 atom stereocenters. The zero-order chi connectivity index (χ0) is 14.7. The molecular formula is C18H22N2O. The Hall–Kier alpha value is -1.71. The predicted octanol–water partition coefficient (Wildman–Crippen LogP) is 2.71. The lowest BCUT2D eigenvalue weighted by atomic mass is 9.97. The third-order valence-corrected chi connectivity index (χ3v) is 4.32. The molecule has 2 aromatic carbocycles. The number of carbonyl (C=O) groups excluding carboxylic acids is 1. The number of hydrogen-bond acceptors (Lipinski definition) is 3. The van der Waals surface area contributed by atoms with Crippen LogP contribution in [0.15, 0.2) is 42.5 Å². The normalized spacial score (nSPS) is 17.8. The van der Waals surface area contributed by atoms with Crippen LogP contribution < -0.4 is 5.32 Å². The minimum absolute atomic E-state index is 0.00765. The second-order valence-corrected chi connectivity index (χ2v) is 5.64. The van der Waals surface area contributed by atoms with Crippen LogP contribution in [-0.4, -0.2) is 42.9 Å². The van der Waals surface area contributed by atoms with Gasteiger partial charge < -0.3 is 5.32 Å². The molecule has 1 unspecified atom stereocenters. The lowest BCUT2D eigenvalue weighted by Gasteiger charge is -2.33. The van der Waals surface area contributed by atoms with Gasteiger partial charge in [0.05, 0.1) is 6.04 Å². The largest absolute Gasteiger partial charge is 0.314 e. The molecule has 1 aliphatic heterocycles. The van der Waals surface area contributed by atoms with Gasteiger partial charge in [-0.3, -0.25) is 9.69 Å². The van der Waals surface area contributed by atoms with E-state index in [1.165, 1.54) is 5.39 Å². The van der Waals surface area contributed by atoms with Gasteiger partial charge in [-0.2, -0.15) is 0 Å². The van der Waals surface area contributed by atoms with Crippen molar-refractivity contribution < 1.29 is 4.79 Å². The first-order valence-corrected chi connectivity index (χ1v) is 7.77. The average Bonchev–Trinajstić information content (AvgIpc) is 2.56. The number of benzene rings is 2. The molecule has 110 valence electrons. The Morgan fingerprint density at radius 1 is 1.14 bits per heavy atom. The van der Waals surface area contributed by atoms with Crippen molar-refractivity contribution in [1.82, 2.24) is 10.2 Å². The molecule has 0 spiro atoms. The summed E-state index contributed by atoms with van der Waals surface area (Å²) in [7, 11) is 0. The molecular weight excluding hydrogens is 260 g/mol. The van der Waals surface area contributed by atoms with E-state index >= 15 is 0 Å². The van der Waals surface area contributed by atoms with E-state index in [0.29, 0.717) is 0 Å². The first-order valence-electron chi connectivity index (χ1n) is 7.77. The van der Waals surface area contributed by atoms with Crippen LogP contribution in [0.5, 0.6) is 0 Å². The van der Waals surface area contributed by atoms with Gasteiger partial charge in [-0.1, -0.05) is 43.3 Å². The van der Waals surface area contributed by atoms with Crippen molar-refractivity contribution in [2.75, 3.05) is 26.2 Å². The topological polar surface area (TPSA) is 32.3 Å². The van der Waals surface area contributed by atoms with E-state index in [2.05, 4.69) is 29.3 Å². The second kappa shape index (κ2) is 6.37. The molecule has 0 aliphatic carbocycles. The van der Waals surface area contributed by atoms with Crippen molar-refractivity contribution in [3.63, 3.8) is 0 Å². The SMILES string of the molecule is CCC(C(=O)c1ccc2ccccc2c1)N1CCNCC1. The smallest absolute Gasteiger partial charge is 0.179 e. The standard InChI is InChI=1S/C18H22N2O/c1-2-17(20-11-9-19-10-12-20)18(21)16-8-7-14-5-3-4-6-15(14)13-16/h3-8,13,17,19H,2,9-12H2,1H3. The van der Waals surface area contributed by atoms with Crippen LogP contribution in [0, 0.1) is 0 Å². The maximum absolute atomic E-state index is 12.9. The van der Waals surface area contributed by atoms with Crippen molar-refractivity contribution in [2.45, 2.75) is 19.4 Å². The van der Waals surface area contributed by atoms with E-state index < -0.39 is 0 Å². The lowest BCUT2D eigenvalue weighted by Crippen LogP contribution is -2.51. The number of rotatable bonds is 4. The fourth-order valence-corrected chi connectivity index (χ4v) is 3.14. The third kappa shape index (κ3) is 2.99. The summed E-state index contributed by atoms with van der Waals surface area (Å²) in [6, 6.07) is 14.2. The van der Waals surface area contributed by atoms with E-state index in [9.17, 15) is 4.79 Å². The fraction of sp³-hybridized carbons (Fsp3) is 0.389. The summed E-state index contributed by atoms with van der Waals surface area (Å²) in [5.74, 6) is 0.255. The van der Waals surface area contributed by atoms with Gasteiger partial charge in [0, 0.05) is 31.7 Å². The van der Waals surface area contributed by atoms with E-state index in [-0.39, 0.29) is 11.8 Å². The number of carbonyl (C=O) groups is 1. The second-order valence-electron chi connectivity index (χ2n) is 5.64. The average molecular weight is 282 g/mol. The van der Waals surface area contributed by atoms with E-state index in [0.717, 1.165) is 43.5 Å². The maximum Gasteiger partial charge on any atom is 0.179 e. The van der Waals surface area contributed by atoms with Crippen LogP contribution in [0.25, 0.3) is 10.8 Å². The minimum atomic E-state index is 0.00765. The summed E-state index contributed by atoms with van der Waals surface area (Å²) < 4.78 is 0. The number of nitrogens with one attached hydrogen (secondary N) is 1. The zero-order valence-electron chi connectivity index (χ0n) is 12.5. The number of hydrogen-bond donors (Lipinski definition) is 1. The minimum Gasteiger partial charge on any atom is -0.314 e. The molecule has 21 heavy (non-hydrogen) atoms. The highest BCUT2D eigenvalue weighted by molar-refractivity contribution is 6.03. The van der Waals surface area contributed by atoms with Crippen LogP contribution in [0.1, 0.15) is 23.7 Å². The number of ketones is 1. The van der Waals surface area contributed by atoms with Crippen LogP contribution in [0.4, 0.5) is 0 Å². The summed E-state index contributed by atoms with van der Waals surface area (Å²) in [4.78, 5) is 15.2. The fourth-order valence-electron chi connectivity index (χ4n) is 3.14. The monoisotopic (exact) mass is 282 g/mol. The van der Waals surface area contributed by atoms with Crippen LogP contribution in [-0.2, 0) is 0 Å². The third-order valence-electron chi connectivity index (χ3n) is 4.32. The number of fused-ring (bicyclic) bond motifs is 1. The van der Waals surface area contributed by atoms with Gasteiger partial charge in [0.1, 0.15) is 0 Å². The zero-order valence-corrected chi connectivity index (χ0v) is 12.5. The number of piperazine rings is 1. The molecule has 0 aromatic heterocycles.